The predicted octanol–water partition coefficient (Wildman–Crippen LogP) is 12.7. The Morgan fingerprint density at radius 2 is 0.898 bits per heavy atom. The summed E-state index contributed by atoms with van der Waals surface area (Å²) in [4.78, 5) is 183. The number of β-amino-alcohol motifs (C(OH)–C–C–N with tert-alkyl or cyclic N) is 4. The maximum absolute atomic E-state index is 13.8. The van der Waals surface area contributed by atoms with E-state index in [4.69, 9.17) is 0 Å². The Morgan fingerprint density at radius 3 is 1.28 bits per heavy atom. The van der Waals surface area contributed by atoms with Crippen molar-refractivity contribution in [3.05, 3.63) is 224 Å². The van der Waals surface area contributed by atoms with Gasteiger partial charge in [-0.1, -0.05) is 191 Å². The summed E-state index contributed by atoms with van der Waals surface area (Å²) in [5, 5.41) is 59.2. The summed E-state index contributed by atoms with van der Waals surface area (Å²) >= 11 is 4.80. The minimum absolute atomic E-state index is 0.0208. The highest BCUT2D eigenvalue weighted by Crippen LogP contribution is 2.38. The highest BCUT2D eigenvalue weighted by Gasteiger charge is 2.51. The summed E-state index contributed by atoms with van der Waals surface area (Å²) in [5.74, 6) is -4.31. The molecule has 8 amide bonds. The zero-order valence-corrected chi connectivity index (χ0v) is 83.4. The first-order valence-electron chi connectivity index (χ1n) is 46.8. The molecular weight excluding hydrogens is 1800 g/mol. The fourth-order valence-electron chi connectivity index (χ4n) is 18.2. The van der Waals surface area contributed by atoms with E-state index >= 15 is 0 Å². The third-order valence-corrected chi connectivity index (χ3v) is 28.6. The number of carbonyl (C=O) groups is 12. The molecule has 29 nitrogen and oxygen atoms in total. The van der Waals surface area contributed by atoms with Gasteiger partial charge in [-0.3, -0.25) is 57.7 Å². The molecule has 9 heterocycles. The first kappa shape index (κ1) is 106. The summed E-state index contributed by atoms with van der Waals surface area (Å²) in [6.45, 7) is 30.0. The maximum atomic E-state index is 13.8. The number of hydrogen-bond donors (Lipinski definition) is 8. The Labute approximate surface area is 813 Å². The lowest BCUT2D eigenvalue weighted by molar-refractivity contribution is -0.150. The summed E-state index contributed by atoms with van der Waals surface area (Å²) in [6, 6.07) is 38.1. The number of aliphatic hydroxyl groups excluding tert-OH is 3. The Balaban J connectivity index is 0.000000177. The van der Waals surface area contributed by atoms with Gasteiger partial charge in [0.15, 0.2) is 17.3 Å². The molecule has 12 atom stereocenters. The number of carbonyl (C=O) groups excluding carboxylic acids is 11. The van der Waals surface area contributed by atoms with E-state index in [-0.39, 0.29) is 148 Å². The van der Waals surface area contributed by atoms with Crippen LogP contribution < -0.4 is 16.0 Å². The number of ketones is 3. The number of thiazole rings is 3. The lowest BCUT2D eigenvalue weighted by Gasteiger charge is -2.35. The molecule has 9 aromatic rings. The maximum Gasteiger partial charge on any atom is 0.326 e. The monoisotopic (exact) mass is 1930 g/mol. The van der Waals surface area contributed by atoms with Gasteiger partial charge in [0, 0.05) is 96.2 Å². The van der Waals surface area contributed by atoms with Crippen LogP contribution >= 0.6 is 34.0 Å². The molecule has 0 spiro atoms. The molecule has 0 bridgehead atoms. The van der Waals surface area contributed by atoms with E-state index in [2.05, 4.69) is 35.9 Å². The smallest absolute Gasteiger partial charge is 0.326 e. The average molecular weight is 1930 g/mol. The van der Waals surface area contributed by atoms with Gasteiger partial charge in [-0.25, -0.2) is 19.7 Å². The Morgan fingerprint density at radius 1 is 0.482 bits per heavy atom. The molecule has 0 saturated carbocycles. The van der Waals surface area contributed by atoms with Gasteiger partial charge >= 0.3 is 5.97 Å². The zero-order chi connectivity index (χ0) is 99.8. The van der Waals surface area contributed by atoms with Gasteiger partial charge in [0.25, 0.3) is 11.8 Å². The normalized spacial score (nSPS) is 19.9. The highest BCUT2D eigenvalue weighted by atomic mass is 32.1. The molecule has 5 aliphatic heterocycles. The largest absolute Gasteiger partial charge is 0.480 e. The van der Waals surface area contributed by atoms with Gasteiger partial charge in [-0.15, -0.1) is 34.0 Å². The summed E-state index contributed by atoms with van der Waals surface area (Å²) in [5.41, 5.74) is 16.3. The predicted molar refractivity (Wildman–Crippen MR) is 527 cm³/mol. The molecule has 14 rings (SSSR count). The van der Waals surface area contributed by atoms with Crippen LogP contribution in [0.4, 0.5) is 0 Å². The van der Waals surface area contributed by atoms with Crippen LogP contribution in [-0.2, 0) is 80.2 Å². The number of carboxylic acids is 1. The number of aromatic nitrogens is 4. The van der Waals surface area contributed by atoms with Crippen molar-refractivity contribution in [1.29, 1.82) is 0 Å². The van der Waals surface area contributed by atoms with Crippen LogP contribution in [0.25, 0.3) is 31.3 Å². The molecular formula is C105H130N12O17S3. The number of likely N-dealkylation sites (tertiary alicyclic amines) is 4. The molecule has 5 aromatic carbocycles. The number of fused-ring (bicyclic) bond motifs is 1. The van der Waals surface area contributed by atoms with E-state index in [1.54, 1.807) is 64.3 Å². The fourth-order valence-corrected chi connectivity index (χ4v) is 20.6. The van der Waals surface area contributed by atoms with Crippen LogP contribution in [0.1, 0.15) is 206 Å². The average Bonchev–Trinajstić information content (AvgIpc) is 1.62. The summed E-state index contributed by atoms with van der Waals surface area (Å²) in [6.07, 6.45) is 3.14. The van der Waals surface area contributed by atoms with Crippen molar-refractivity contribution < 1.29 is 83.1 Å². The number of aryl methyl sites for hydroxylation is 8. The zero-order valence-electron chi connectivity index (χ0n) is 81.0. The Bertz CT molecular complexity index is 5770. The van der Waals surface area contributed by atoms with E-state index in [1.165, 1.54) is 44.5 Å². The van der Waals surface area contributed by atoms with Gasteiger partial charge in [0.1, 0.15) is 35.9 Å². The third-order valence-electron chi connectivity index (χ3n) is 25.7. The minimum atomic E-state index is -1.25. The third kappa shape index (κ3) is 27.4. The van der Waals surface area contributed by atoms with Crippen molar-refractivity contribution >= 4 is 105 Å². The topological polar surface area (TPSA) is 410 Å². The number of nitrogens with zero attached hydrogens (tertiary/aromatic N) is 9. The second-order valence-electron chi connectivity index (χ2n) is 39.5. The van der Waals surface area contributed by atoms with Gasteiger partial charge in [-0.05, 0) is 151 Å². The second-order valence-corrected chi connectivity index (χ2v) is 42.0. The van der Waals surface area contributed by atoms with E-state index < -0.39 is 101 Å². The molecule has 5 aliphatic rings. The molecule has 0 radical (unpaired) electrons. The highest BCUT2D eigenvalue weighted by molar-refractivity contribution is 7.14. The standard InChI is InChI=1S/C33H41N3O4S.C29H34N4O4S.C24H31N3O4S.C19H24N2O5/c1-21-8-6-7-9-24(21)15-17-29(39)35-31(33(3,4)5)32(40)36-19-26(37)18-27(36)28(38)16-12-23-10-13-25(14-11-23)30-22(2)34-20-41-30;1-18-25(38-17-31-18)20-11-8-19(9-12-20)10-13-24(35)23-15-21(34)16-33(23)28(37)26(29(2,3)4)32-27(36)22-7-5-6-14-30-22;1-14(2)22(26-16(4)28)24(31)27-12-19(29)11-20(27)21(30)10-7-17-5-8-18(9-6-17)23-15(3)25-13-32-23;1-11(2)15(20-9-12-6-4-5-7-13(12)16(20)22)17(23)21-10-19(3,26)8-14(21)18(24)25/h6-11,13-14,20,26-27,31,37H,12,15-19H2,1-5H3,(H,35,39);5-9,11-12,14,17,21,23,26,34H,10,13,15-16H2,1-4H3,(H,32,36);5-6,8-9,13-14,19-20,22,29H,7,10-12H2,1-4H3,(H,26,28);4-7,11,14-15,26H,8-10H2,1-3H3,(H,24,25)/t26-,27+,31-;21-,23+,26-;19-,20+,22+;14-,15-,19+/m1110/s1. The van der Waals surface area contributed by atoms with Crippen LogP contribution in [0.5, 0.6) is 0 Å². The van der Waals surface area contributed by atoms with Crippen molar-refractivity contribution in [3.63, 3.8) is 0 Å². The quantitative estimate of drug-likeness (QED) is 0.0207. The molecule has 0 unspecified atom stereocenters. The van der Waals surface area contributed by atoms with Crippen LogP contribution in [0, 0.1) is 50.4 Å². The van der Waals surface area contributed by atoms with Crippen LogP contribution in [0.15, 0.2) is 162 Å². The number of rotatable bonds is 30. The number of aliphatic hydroxyl groups is 4. The Hall–Kier alpha value is -11.8. The van der Waals surface area contributed by atoms with Crippen molar-refractivity contribution in [3.8, 4) is 31.3 Å². The molecule has 0 aliphatic carbocycles. The van der Waals surface area contributed by atoms with Gasteiger partial charge in [-0.2, -0.15) is 0 Å². The number of benzene rings is 5. The number of nitrogens with one attached hydrogen (secondary N) is 3. The first-order chi connectivity index (χ1) is 64.8. The number of amides is 8. The molecule has 8 N–H and O–H groups in total. The molecule has 4 saturated heterocycles. The number of carboxylic acid groups (broad SMARTS) is 1. The van der Waals surface area contributed by atoms with Gasteiger partial charge < -0.3 is 66.0 Å². The molecule has 137 heavy (non-hydrogen) atoms. The van der Waals surface area contributed by atoms with E-state index in [0.717, 1.165) is 81.8 Å². The van der Waals surface area contributed by atoms with Crippen LogP contribution in [-0.4, -0.2) is 239 Å². The fraction of sp³-hybridized carbons (Fsp3) is 0.467. The van der Waals surface area contributed by atoms with E-state index in [1.807, 2.05) is 223 Å². The lowest BCUT2D eigenvalue weighted by atomic mass is 9.85. The SMILES string of the molecule is CC(=O)N[C@H](C(=O)N1C[C@H](O)C[C@H]1C(=O)CCc1ccc(-c2scnc2C)cc1)C(C)C.CC(C)[C@@H](C(=O)N1C[C@](C)(O)C[C@H]1C(=O)O)N1Cc2ccccc2C1=O.Cc1ccccc1CCC(=O)N[C@H](C(=O)N1C[C@H](O)C[C@H]1C(=O)CCc1ccc(-c2scnc2C)cc1)C(C)(C)C.Cc1ncsc1-c1ccc(CCC(=O)[C@@H]2C[C@@H](O)CN2C(=O)[C@@H](NC(=O)c2ccccn2)C(C)(C)C)cc1. The second kappa shape index (κ2) is 46.6. The minimum Gasteiger partial charge on any atom is -0.480 e. The van der Waals surface area contributed by atoms with E-state index in [9.17, 15) is 83.1 Å². The number of aliphatic carboxylic acids is 1. The Kier molecular flexibility index (Phi) is 35.9. The molecule has 32 heteroatoms. The van der Waals surface area contributed by atoms with Crippen molar-refractivity contribution in [2.45, 2.75) is 267 Å². The molecule has 4 aromatic heterocycles. The van der Waals surface area contributed by atoms with E-state index in [0.29, 0.717) is 37.8 Å². The van der Waals surface area contributed by atoms with Gasteiger partial charge in [0.05, 0.1) is 96.8 Å². The number of Topliss-reactive ketones (excluding diaryl/α,β-unsaturated/α-hetero) is 3. The first-order valence-corrected chi connectivity index (χ1v) is 49.4. The van der Waals surface area contributed by atoms with Crippen LogP contribution in [0.2, 0.25) is 0 Å². The van der Waals surface area contributed by atoms with Crippen molar-refractivity contribution in [2.75, 3.05) is 26.2 Å². The van der Waals surface area contributed by atoms with Crippen molar-refractivity contribution in [1.82, 2.24) is 60.4 Å². The summed E-state index contributed by atoms with van der Waals surface area (Å²) < 4.78 is 0. The number of hydrogen-bond acceptors (Lipinski definition) is 23. The van der Waals surface area contributed by atoms with Crippen molar-refractivity contribution in [2.24, 2.45) is 22.7 Å². The molecule has 4 fully saturated rings. The number of pyridine rings is 1. The lowest BCUT2D eigenvalue weighted by Crippen LogP contribution is -2.56. The van der Waals surface area contributed by atoms with Gasteiger partial charge in [0.2, 0.25) is 35.4 Å². The molecule has 730 valence electrons. The van der Waals surface area contributed by atoms with Crippen LogP contribution in [0.3, 0.4) is 0 Å². The summed E-state index contributed by atoms with van der Waals surface area (Å²) in [7, 11) is 0.